The van der Waals surface area contributed by atoms with E-state index in [1.807, 2.05) is 18.2 Å². The number of thiophene rings is 1. The van der Waals surface area contributed by atoms with Crippen molar-refractivity contribution in [2.75, 3.05) is 29.1 Å². The zero-order valence-corrected chi connectivity index (χ0v) is 15.1. The van der Waals surface area contributed by atoms with Gasteiger partial charge in [0, 0.05) is 4.90 Å². The molecular formula is C17H13N3O4S2. The number of hydrogen-bond acceptors (Lipinski definition) is 7. The molecule has 1 aromatic carbocycles. The molecule has 0 spiro atoms. The Morgan fingerprint density at radius 3 is 2.92 bits per heavy atom. The van der Waals surface area contributed by atoms with Gasteiger partial charge in [0.1, 0.15) is 17.6 Å². The number of carbonyl (C=O) groups excluding carboxylic acids is 3. The standard InChI is InChI=1S/C17H13N3O4S2/c18-7-11-5-6-25-17(11)19-14(21)9-24-16(23)8-20-12-3-1-2-4-13(12)26-10-15(20)22/h1-6H,8-10H2,(H,19,21). The Balaban J connectivity index is 1.55. The van der Waals surface area contributed by atoms with E-state index in [2.05, 4.69) is 5.32 Å². The lowest BCUT2D eigenvalue weighted by molar-refractivity contribution is -0.146. The van der Waals surface area contributed by atoms with Crippen LogP contribution in [0.1, 0.15) is 5.56 Å². The number of anilines is 2. The third kappa shape index (κ3) is 4.04. The Morgan fingerprint density at radius 2 is 2.12 bits per heavy atom. The molecule has 0 radical (unpaired) electrons. The quantitative estimate of drug-likeness (QED) is 0.790. The van der Waals surface area contributed by atoms with Gasteiger partial charge in [-0.15, -0.1) is 23.1 Å². The molecule has 26 heavy (non-hydrogen) atoms. The van der Waals surface area contributed by atoms with E-state index in [1.54, 1.807) is 23.6 Å². The van der Waals surface area contributed by atoms with Gasteiger partial charge in [0.05, 0.1) is 17.0 Å². The zero-order valence-electron chi connectivity index (χ0n) is 13.4. The Morgan fingerprint density at radius 1 is 1.31 bits per heavy atom. The fraction of sp³-hybridized carbons (Fsp3) is 0.176. The highest BCUT2D eigenvalue weighted by Crippen LogP contribution is 2.34. The molecule has 1 aliphatic rings. The van der Waals surface area contributed by atoms with Crippen molar-refractivity contribution in [3.8, 4) is 6.07 Å². The van der Waals surface area contributed by atoms with Crippen LogP contribution in [0.25, 0.3) is 0 Å². The molecule has 0 bridgehead atoms. The first-order chi connectivity index (χ1) is 12.6. The molecule has 0 unspecified atom stereocenters. The molecule has 1 aromatic heterocycles. The summed E-state index contributed by atoms with van der Waals surface area (Å²) in [6.45, 7) is -0.744. The van der Waals surface area contributed by atoms with Gasteiger partial charge in [-0.2, -0.15) is 5.26 Å². The van der Waals surface area contributed by atoms with Crippen LogP contribution in [0.5, 0.6) is 0 Å². The number of nitrogens with zero attached hydrogens (tertiary/aromatic N) is 2. The fourth-order valence-electron chi connectivity index (χ4n) is 2.30. The van der Waals surface area contributed by atoms with Gasteiger partial charge in [0.15, 0.2) is 6.61 Å². The second-order valence-electron chi connectivity index (χ2n) is 5.22. The Kier molecular flexibility index (Phi) is 5.55. The maximum atomic E-state index is 12.1. The van der Waals surface area contributed by atoms with Crippen molar-refractivity contribution in [2.24, 2.45) is 0 Å². The molecule has 2 heterocycles. The number of ether oxygens (including phenoxy) is 1. The predicted molar refractivity (Wildman–Crippen MR) is 98.1 cm³/mol. The zero-order chi connectivity index (χ0) is 18.5. The van der Waals surface area contributed by atoms with Gasteiger partial charge >= 0.3 is 5.97 Å². The van der Waals surface area contributed by atoms with Crippen molar-refractivity contribution < 1.29 is 19.1 Å². The fourth-order valence-corrected chi connectivity index (χ4v) is 3.99. The summed E-state index contributed by atoms with van der Waals surface area (Å²) in [5.74, 6) is -1.16. The number of amides is 2. The van der Waals surface area contributed by atoms with Gasteiger partial charge in [-0.1, -0.05) is 12.1 Å². The molecule has 1 aliphatic heterocycles. The second kappa shape index (κ2) is 8.03. The number of hydrogen-bond donors (Lipinski definition) is 1. The minimum Gasteiger partial charge on any atom is -0.454 e. The van der Waals surface area contributed by atoms with Gasteiger partial charge in [-0.05, 0) is 23.6 Å². The summed E-state index contributed by atoms with van der Waals surface area (Å²) >= 11 is 2.63. The Bertz CT molecular complexity index is 903. The minimum absolute atomic E-state index is 0.188. The van der Waals surface area contributed by atoms with Gasteiger partial charge in [-0.25, -0.2) is 0 Å². The Labute approximate surface area is 157 Å². The van der Waals surface area contributed by atoms with Gasteiger partial charge in [0.2, 0.25) is 5.91 Å². The second-order valence-corrected chi connectivity index (χ2v) is 7.15. The molecule has 3 rings (SSSR count). The molecular weight excluding hydrogens is 374 g/mol. The lowest BCUT2D eigenvalue weighted by Gasteiger charge is -2.27. The van der Waals surface area contributed by atoms with Crippen LogP contribution in [0.2, 0.25) is 0 Å². The molecule has 2 aromatic rings. The van der Waals surface area contributed by atoms with Crippen molar-refractivity contribution in [1.29, 1.82) is 5.26 Å². The van der Waals surface area contributed by atoms with Crippen LogP contribution in [0.15, 0.2) is 40.6 Å². The van der Waals surface area contributed by atoms with E-state index in [0.29, 0.717) is 16.3 Å². The van der Waals surface area contributed by atoms with Crippen molar-refractivity contribution >= 4 is 51.6 Å². The summed E-state index contributed by atoms with van der Waals surface area (Å²) in [5.41, 5.74) is 1.01. The summed E-state index contributed by atoms with van der Waals surface area (Å²) in [5, 5.41) is 13.5. The third-order valence-corrected chi connectivity index (χ3v) is 5.38. The summed E-state index contributed by atoms with van der Waals surface area (Å²) in [4.78, 5) is 38.3. The van der Waals surface area contributed by atoms with E-state index < -0.39 is 18.5 Å². The van der Waals surface area contributed by atoms with E-state index in [0.717, 1.165) is 4.90 Å². The molecule has 0 saturated heterocycles. The monoisotopic (exact) mass is 387 g/mol. The van der Waals surface area contributed by atoms with Crippen LogP contribution in [0.3, 0.4) is 0 Å². The number of rotatable bonds is 5. The summed E-state index contributed by atoms with van der Waals surface area (Å²) in [6.07, 6.45) is 0. The van der Waals surface area contributed by atoms with E-state index >= 15 is 0 Å². The van der Waals surface area contributed by atoms with Crippen molar-refractivity contribution in [1.82, 2.24) is 0 Å². The normalized spacial score (nSPS) is 12.9. The van der Waals surface area contributed by atoms with Crippen LogP contribution >= 0.6 is 23.1 Å². The number of esters is 1. The Hall–Kier alpha value is -2.83. The van der Waals surface area contributed by atoms with Crippen molar-refractivity contribution in [3.05, 3.63) is 41.3 Å². The van der Waals surface area contributed by atoms with E-state index in [9.17, 15) is 14.4 Å². The predicted octanol–water partition coefficient (Wildman–Crippen LogP) is 2.24. The first kappa shape index (κ1) is 18.0. The van der Waals surface area contributed by atoms with E-state index in [4.69, 9.17) is 10.00 Å². The van der Waals surface area contributed by atoms with Crippen molar-refractivity contribution in [3.63, 3.8) is 0 Å². The largest absolute Gasteiger partial charge is 0.454 e. The lowest BCUT2D eigenvalue weighted by Crippen LogP contribution is -2.40. The summed E-state index contributed by atoms with van der Waals surface area (Å²) < 4.78 is 4.96. The highest BCUT2D eigenvalue weighted by Gasteiger charge is 2.27. The maximum Gasteiger partial charge on any atom is 0.326 e. The van der Waals surface area contributed by atoms with Gasteiger partial charge in [0.25, 0.3) is 5.91 Å². The van der Waals surface area contributed by atoms with Crippen LogP contribution in [0, 0.1) is 11.3 Å². The number of nitriles is 1. The van der Waals surface area contributed by atoms with Crippen LogP contribution < -0.4 is 10.2 Å². The average Bonchev–Trinajstić information content (AvgIpc) is 3.09. The van der Waals surface area contributed by atoms with Gasteiger partial charge < -0.3 is 10.1 Å². The molecule has 0 atom stereocenters. The van der Waals surface area contributed by atoms with Crippen LogP contribution in [0.4, 0.5) is 10.7 Å². The highest BCUT2D eigenvalue weighted by molar-refractivity contribution is 8.00. The first-order valence-electron chi connectivity index (χ1n) is 7.53. The third-order valence-electron chi connectivity index (χ3n) is 3.50. The maximum absolute atomic E-state index is 12.1. The number of fused-ring (bicyclic) bond motifs is 1. The van der Waals surface area contributed by atoms with Crippen molar-refractivity contribution in [2.45, 2.75) is 4.90 Å². The molecule has 7 nitrogen and oxygen atoms in total. The van der Waals surface area contributed by atoms with Gasteiger partial charge in [-0.3, -0.25) is 19.3 Å². The lowest BCUT2D eigenvalue weighted by atomic mass is 10.2. The smallest absolute Gasteiger partial charge is 0.326 e. The minimum atomic E-state index is -0.679. The van der Waals surface area contributed by atoms with E-state index in [-0.39, 0.29) is 18.2 Å². The van der Waals surface area contributed by atoms with Crippen LogP contribution in [-0.2, 0) is 19.1 Å². The molecule has 2 amide bonds. The molecule has 0 saturated carbocycles. The molecule has 0 fully saturated rings. The number of para-hydroxylation sites is 1. The van der Waals surface area contributed by atoms with Crippen LogP contribution in [-0.4, -0.2) is 36.7 Å². The summed E-state index contributed by atoms with van der Waals surface area (Å²) in [7, 11) is 0. The first-order valence-corrected chi connectivity index (χ1v) is 9.40. The average molecular weight is 387 g/mol. The molecule has 0 aliphatic carbocycles. The van der Waals surface area contributed by atoms with E-state index in [1.165, 1.54) is 28.0 Å². The number of benzene rings is 1. The number of nitrogens with one attached hydrogen (secondary N) is 1. The number of carbonyl (C=O) groups is 3. The SMILES string of the molecule is N#Cc1ccsc1NC(=O)COC(=O)CN1C(=O)CSc2ccccc21. The number of thioether (sulfide) groups is 1. The summed E-state index contributed by atoms with van der Waals surface area (Å²) in [6, 6.07) is 10.8. The molecule has 9 heteroatoms. The highest BCUT2D eigenvalue weighted by atomic mass is 32.2. The molecule has 1 N–H and O–H groups in total. The molecule has 132 valence electrons. The topological polar surface area (TPSA) is 99.5 Å².